The van der Waals surface area contributed by atoms with Gasteiger partial charge >= 0.3 is 12.1 Å². The zero-order valence-corrected chi connectivity index (χ0v) is 14.9. The molecule has 0 radical (unpaired) electrons. The average molecular weight is 353 g/mol. The fraction of sp³-hybridized carbons (Fsp3) is 0.238. The van der Waals surface area contributed by atoms with Crippen LogP contribution in [-0.4, -0.2) is 23.7 Å². The van der Waals surface area contributed by atoms with E-state index < -0.39 is 17.5 Å². The van der Waals surface area contributed by atoms with Crippen molar-refractivity contribution in [3.63, 3.8) is 0 Å². The molecular weight excluding hydrogens is 330 g/mol. The van der Waals surface area contributed by atoms with Crippen LogP contribution in [-0.2, 0) is 21.6 Å². The SMILES string of the molecule is CC(C)(C(=O)O)c1ccc(C=CCNC(=O)OCc2ccccc2)cc1. The Morgan fingerprint density at radius 2 is 1.73 bits per heavy atom. The molecule has 0 aliphatic rings. The number of carboxylic acids is 1. The van der Waals surface area contributed by atoms with E-state index in [1.165, 1.54) is 0 Å². The van der Waals surface area contributed by atoms with E-state index in [1.807, 2.05) is 48.5 Å². The number of carboxylic acid groups (broad SMARTS) is 1. The van der Waals surface area contributed by atoms with Crippen molar-refractivity contribution in [2.45, 2.75) is 25.9 Å². The maximum absolute atomic E-state index is 11.6. The largest absolute Gasteiger partial charge is 0.481 e. The fourth-order valence-corrected chi connectivity index (χ4v) is 2.25. The van der Waals surface area contributed by atoms with Crippen LogP contribution in [0.2, 0.25) is 0 Å². The Hall–Kier alpha value is -3.08. The molecule has 0 fully saturated rings. The van der Waals surface area contributed by atoms with Gasteiger partial charge in [-0.15, -0.1) is 0 Å². The summed E-state index contributed by atoms with van der Waals surface area (Å²) < 4.78 is 5.12. The maximum Gasteiger partial charge on any atom is 0.407 e. The van der Waals surface area contributed by atoms with E-state index in [0.717, 1.165) is 16.7 Å². The van der Waals surface area contributed by atoms with Gasteiger partial charge in [0.05, 0.1) is 5.41 Å². The van der Waals surface area contributed by atoms with Gasteiger partial charge in [0.25, 0.3) is 0 Å². The van der Waals surface area contributed by atoms with E-state index in [-0.39, 0.29) is 6.61 Å². The summed E-state index contributed by atoms with van der Waals surface area (Å²) >= 11 is 0. The van der Waals surface area contributed by atoms with Crippen molar-refractivity contribution in [1.29, 1.82) is 0 Å². The maximum atomic E-state index is 11.6. The van der Waals surface area contributed by atoms with Crippen molar-refractivity contribution in [3.8, 4) is 0 Å². The van der Waals surface area contributed by atoms with E-state index in [9.17, 15) is 14.7 Å². The number of carbonyl (C=O) groups excluding carboxylic acids is 1. The van der Waals surface area contributed by atoms with Gasteiger partial charge in [0.2, 0.25) is 0 Å². The molecule has 0 spiro atoms. The third kappa shape index (κ3) is 5.48. The molecule has 0 aromatic heterocycles. The number of hydrogen-bond acceptors (Lipinski definition) is 3. The Labute approximate surface area is 153 Å². The fourth-order valence-electron chi connectivity index (χ4n) is 2.25. The van der Waals surface area contributed by atoms with Gasteiger partial charge in [-0.1, -0.05) is 66.7 Å². The van der Waals surface area contributed by atoms with Gasteiger partial charge in [-0.2, -0.15) is 0 Å². The minimum Gasteiger partial charge on any atom is -0.481 e. The van der Waals surface area contributed by atoms with Crippen molar-refractivity contribution in [1.82, 2.24) is 5.32 Å². The highest BCUT2D eigenvalue weighted by Gasteiger charge is 2.28. The topological polar surface area (TPSA) is 75.6 Å². The lowest BCUT2D eigenvalue weighted by Crippen LogP contribution is -2.28. The molecule has 2 aromatic rings. The van der Waals surface area contributed by atoms with E-state index in [4.69, 9.17) is 4.74 Å². The molecule has 2 aromatic carbocycles. The zero-order chi connectivity index (χ0) is 19.0. The van der Waals surface area contributed by atoms with Gasteiger partial charge in [0, 0.05) is 6.54 Å². The van der Waals surface area contributed by atoms with Crippen molar-refractivity contribution in [2.24, 2.45) is 0 Å². The first kappa shape index (κ1) is 19.2. The lowest BCUT2D eigenvalue weighted by Gasteiger charge is -2.19. The number of hydrogen-bond donors (Lipinski definition) is 2. The smallest absolute Gasteiger partial charge is 0.407 e. The monoisotopic (exact) mass is 353 g/mol. The summed E-state index contributed by atoms with van der Waals surface area (Å²) in [5, 5.41) is 11.9. The minimum atomic E-state index is -0.924. The van der Waals surface area contributed by atoms with Gasteiger partial charge in [-0.25, -0.2) is 4.79 Å². The summed E-state index contributed by atoms with van der Waals surface area (Å²) in [6.45, 7) is 3.92. The van der Waals surface area contributed by atoms with Crippen LogP contribution in [0.4, 0.5) is 4.79 Å². The van der Waals surface area contributed by atoms with Crippen molar-refractivity contribution >= 4 is 18.1 Å². The molecule has 0 heterocycles. The molecule has 0 saturated carbocycles. The van der Waals surface area contributed by atoms with Crippen molar-refractivity contribution < 1.29 is 19.4 Å². The lowest BCUT2D eigenvalue weighted by atomic mass is 9.84. The molecular formula is C21H23NO4. The van der Waals surface area contributed by atoms with Gasteiger partial charge in [-0.3, -0.25) is 4.79 Å². The van der Waals surface area contributed by atoms with E-state index >= 15 is 0 Å². The summed E-state index contributed by atoms with van der Waals surface area (Å²) in [6.07, 6.45) is 3.19. The molecule has 0 saturated heterocycles. The predicted molar refractivity (Wildman–Crippen MR) is 101 cm³/mol. The number of rotatable bonds is 7. The number of ether oxygens (including phenoxy) is 1. The van der Waals surface area contributed by atoms with Crippen LogP contribution in [0.5, 0.6) is 0 Å². The molecule has 0 atom stereocenters. The molecule has 0 aliphatic heterocycles. The molecule has 1 amide bonds. The highest BCUT2D eigenvalue weighted by Crippen LogP contribution is 2.23. The minimum absolute atomic E-state index is 0.233. The van der Waals surface area contributed by atoms with Gasteiger partial charge in [-0.05, 0) is 30.5 Å². The predicted octanol–water partition coefficient (Wildman–Crippen LogP) is 3.99. The Balaban J connectivity index is 1.78. The second-order valence-electron chi connectivity index (χ2n) is 6.40. The van der Waals surface area contributed by atoms with E-state index in [1.54, 1.807) is 32.1 Å². The normalized spacial score (nSPS) is 11.3. The van der Waals surface area contributed by atoms with Gasteiger partial charge < -0.3 is 15.2 Å². The van der Waals surface area contributed by atoms with Crippen LogP contribution in [0.15, 0.2) is 60.7 Å². The third-order valence-electron chi connectivity index (χ3n) is 4.05. The molecule has 0 unspecified atom stereocenters. The van der Waals surface area contributed by atoms with Crippen molar-refractivity contribution in [3.05, 3.63) is 77.4 Å². The quantitative estimate of drug-likeness (QED) is 0.789. The highest BCUT2D eigenvalue weighted by atomic mass is 16.5. The van der Waals surface area contributed by atoms with Gasteiger partial charge in [0.15, 0.2) is 0 Å². The first-order valence-corrected chi connectivity index (χ1v) is 8.34. The molecule has 2 N–H and O–H groups in total. The molecule has 26 heavy (non-hydrogen) atoms. The lowest BCUT2D eigenvalue weighted by molar-refractivity contribution is -0.142. The van der Waals surface area contributed by atoms with E-state index in [0.29, 0.717) is 6.54 Å². The van der Waals surface area contributed by atoms with Crippen LogP contribution < -0.4 is 5.32 Å². The van der Waals surface area contributed by atoms with Gasteiger partial charge in [0.1, 0.15) is 6.61 Å². The molecule has 0 aliphatic carbocycles. The molecule has 2 rings (SSSR count). The second kappa shape index (κ2) is 8.85. The second-order valence-corrected chi connectivity index (χ2v) is 6.40. The first-order chi connectivity index (χ1) is 12.4. The summed E-state index contributed by atoms with van der Waals surface area (Å²) in [4.78, 5) is 22.9. The average Bonchev–Trinajstić information content (AvgIpc) is 2.64. The number of alkyl carbamates (subject to hydrolysis) is 1. The standard InChI is InChI=1S/C21H23NO4/c1-21(2,19(23)24)18-12-10-16(11-13-18)9-6-14-22-20(25)26-15-17-7-4-3-5-8-17/h3-13H,14-15H2,1-2H3,(H,22,25)(H,23,24). The Bertz CT molecular complexity index is 764. The first-order valence-electron chi connectivity index (χ1n) is 8.34. The molecule has 136 valence electrons. The Morgan fingerprint density at radius 1 is 1.08 bits per heavy atom. The summed E-state index contributed by atoms with van der Waals surface area (Å²) in [6, 6.07) is 16.8. The van der Waals surface area contributed by atoms with Crippen LogP contribution in [0.1, 0.15) is 30.5 Å². The number of nitrogens with one attached hydrogen (secondary N) is 1. The molecule has 5 heteroatoms. The van der Waals surface area contributed by atoms with Crippen LogP contribution >= 0.6 is 0 Å². The summed E-state index contributed by atoms with van der Waals surface area (Å²) in [7, 11) is 0. The molecule has 0 bridgehead atoms. The number of benzene rings is 2. The Morgan fingerprint density at radius 3 is 2.35 bits per heavy atom. The van der Waals surface area contributed by atoms with Crippen molar-refractivity contribution in [2.75, 3.05) is 6.54 Å². The summed E-state index contributed by atoms with van der Waals surface area (Å²) in [5.41, 5.74) is 1.67. The third-order valence-corrected chi connectivity index (χ3v) is 4.05. The highest BCUT2D eigenvalue weighted by molar-refractivity contribution is 5.80. The zero-order valence-electron chi connectivity index (χ0n) is 14.9. The Kier molecular flexibility index (Phi) is 6.55. The molecule has 5 nitrogen and oxygen atoms in total. The van der Waals surface area contributed by atoms with E-state index in [2.05, 4.69) is 5.32 Å². The van der Waals surface area contributed by atoms with Crippen LogP contribution in [0.25, 0.3) is 6.08 Å². The number of amides is 1. The number of aliphatic carboxylic acids is 1. The number of carbonyl (C=O) groups is 2. The summed E-state index contributed by atoms with van der Waals surface area (Å²) in [5.74, 6) is -0.862. The van der Waals surface area contributed by atoms with Crippen LogP contribution in [0.3, 0.4) is 0 Å². The van der Waals surface area contributed by atoms with Crippen LogP contribution in [0, 0.1) is 0 Å².